The van der Waals surface area contributed by atoms with Gasteiger partial charge in [-0.05, 0) is 36.4 Å². The highest BCUT2D eigenvalue weighted by atomic mass is 19.1. The van der Waals surface area contributed by atoms with Crippen molar-refractivity contribution in [2.45, 2.75) is 0 Å². The van der Waals surface area contributed by atoms with Gasteiger partial charge in [0.25, 0.3) is 11.8 Å². The highest BCUT2D eigenvalue weighted by Crippen LogP contribution is 2.14. The molecule has 0 spiro atoms. The Morgan fingerprint density at radius 3 is 2.14 bits per heavy atom. The summed E-state index contributed by atoms with van der Waals surface area (Å²) in [5.41, 5.74) is 0.515. The maximum Gasteiger partial charge on any atom is 0.255 e. The van der Waals surface area contributed by atoms with Crippen LogP contribution in [0.2, 0.25) is 0 Å². The molecule has 0 aromatic heterocycles. The average molecular weight is 302 g/mol. The zero-order chi connectivity index (χ0) is 15.9. The van der Waals surface area contributed by atoms with Crippen molar-refractivity contribution in [1.29, 1.82) is 0 Å². The number of carbonyl (C=O) groups excluding carboxylic acids is 2. The lowest BCUT2D eigenvalue weighted by Gasteiger charge is -2.08. The van der Waals surface area contributed by atoms with Crippen LogP contribution in [-0.2, 0) is 0 Å². The van der Waals surface area contributed by atoms with Crippen molar-refractivity contribution in [2.24, 2.45) is 0 Å². The van der Waals surface area contributed by atoms with E-state index in [4.69, 9.17) is 0 Å². The maximum atomic E-state index is 12.7. The zero-order valence-corrected chi connectivity index (χ0v) is 11.7. The van der Waals surface area contributed by atoms with Crippen molar-refractivity contribution in [3.05, 3.63) is 65.5 Å². The molecule has 114 valence electrons. The molecule has 2 aromatic rings. The van der Waals surface area contributed by atoms with E-state index in [2.05, 4.69) is 10.6 Å². The largest absolute Gasteiger partial charge is 0.507 e. The summed E-state index contributed by atoms with van der Waals surface area (Å²) in [6, 6.07) is 11.4. The highest BCUT2D eigenvalue weighted by Gasteiger charge is 2.09. The molecule has 0 unspecified atom stereocenters. The summed E-state index contributed by atoms with van der Waals surface area (Å²) >= 11 is 0. The second kappa shape index (κ2) is 7.21. The minimum absolute atomic E-state index is 0.102. The molecule has 0 heterocycles. The first-order chi connectivity index (χ1) is 10.6. The summed E-state index contributed by atoms with van der Waals surface area (Å²) < 4.78 is 12.7. The number of para-hydroxylation sites is 1. The van der Waals surface area contributed by atoms with Gasteiger partial charge in [-0.1, -0.05) is 12.1 Å². The van der Waals surface area contributed by atoms with E-state index < -0.39 is 11.7 Å². The van der Waals surface area contributed by atoms with E-state index in [-0.39, 0.29) is 30.3 Å². The smallest absolute Gasteiger partial charge is 0.255 e. The third-order valence-corrected chi connectivity index (χ3v) is 2.95. The topological polar surface area (TPSA) is 78.4 Å². The molecule has 0 saturated heterocycles. The van der Waals surface area contributed by atoms with Gasteiger partial charge in [0.15, 0.2) is 0 Å². The Morgan fingerprint density at radius 1 is 0.909 bits per heavy atom. The number of phenolic OH excluding ortho intramolecular Hbond substituents is 1. The second-order valence-corrected chi connectivity index (χ2v) is 4.54. The Morgan fingerprint density at radius 2 is 1.50 bits per heavy atom. The minimum Gasteiger partial charge on any atom is -0.507 e. The van der Waals surface area contributed by atoms with E-state index in [1.807, 2.05) is 0 Å². The first-order valence-corrected chi connectivity index (χ1v) is 6.68. The van der Waals surface area contributed by atoms with Gasteiger partial charge in [0.1, 0.15) is 11.6 Å². The molecule has 0 radical (unpaired) electrons. The van der Waals surface area contributed by atoms with Crippen LogP contribution in [0.5, 0.6) is 5.75 Å². The molecule has 2 aromatic carbocycles. The average Bonchev–Trinajstić information content (AvgIpc) is 2.52. The third kappa shape index (κ3) is 4.05. The fourth-order valence-electron chi connectivity index (χ4n) is 1.82. The molecule has 0 bridgehead atoms. The van der Waals surface area contributed by atoms with Crippen LogP contribution in [0.15, 0.2) is 48.5 Å². The standard InChI is InChI=1S/C16H15FN2O3/c17-12-7-5-11(6-8-12)15(21)18-9-10-19-16(22)13-3-1-2-4-14(13)20/h1-8,20H,9-10H2,(H,18,21)(H,19,22). The minimum atomic E-state index is -0.422. The van der Waals surface area contributed by atoms with Crippen LogP contribution in [-0.4, -0.2) is 30.0 Å². The zero-order valence-electron chi connectivity index (χ0n) is 11.7. The normalized spacial score (nSPS) is 10.0. The van der Waals surface area contributed by atoms with Crippen molar-refractivity contribution in [2.75, 3.05) is 13.1 Å². The number of benzene rings is 2. The lowest BCUT2D eigenvalue weighted by Crippen LogP contribution is -2.34. The van der Waals surface area contributed by atoms with Gasteiger partial charge >= 0.3 is 0 Å². The Kier molecular flexibility index (Phi) is 5.08. The van der Waals surface area contributed by atoms with Gasteiger partial charge in [-0.3, -0.25) is 9.59 Å². The molecule has 0 atom stereocenters. The Labute approximate surface area is 126 Å². The lowest BCUT2D eigenvalue weighted by atomic mass is 10.2. The van der Waals surface area contributed by atoms with Gasteiger partial charge in [-0.2, -0.15) is 0 Å². The summed E-state index contributed by atoms with van der Waals surface area (Å²) in [5.74, 6) is -1.28. The predicted molar refractivity (Wildman–Crippen MR) is 79.2 cm³/mol. The second-order valence-electron chi connectivity index (χ2n) is 4.54. The molecule has 2 rings (SSSR count). The fourth-order valence-corrected chi connectivity index (χ4v) is 1.82. The summed E-state index contributed by atoms with van der Waals surface area (Å²) in [7, 11) is 0. The van der Waals surface area contributed by atoms with Crippen LogP contribution in [0.1, 0.15) is 20.7 Å². The molecule has 0 fully saturated rings. The number of aromatic hydroxyl groups is 1. The first-order valence-electron chi connectivity index (χ1n) is 6.68. The molecule has 0 saturated carbocycles. The van der Waals surface area contributed by atoms with Gasteiger partial charge < -0.3 is 15.7 Å². The van der Waals surface area contributed by atoms with Gasteiger partial charge in [0.2, 0.25) is 0 Å². The molecule has 22 heavy (non-hydrogen) atoms. The summed E-state index contributed by atoms with van der Waals surface area (Å²) in [6.45, 7) is 0.426. The van der Waals surface area contributed by atoms with Crippen LogP contribution in [0.4, 0.5) is 4.39 Å². The monoisotopic (exact) mass is 302 g/mol. The quantitative estimate of drug-likeness (QED) is 0.735. The van der Waals surface area contributed by atoms with Crippen molar-refractivity contribution in [1.82, 2.24) is 10.6 Å². The Bertz CT molecular complexity index is 671. The number of hydrogen-bond acceptors (Lipinski definition) is 3. The molecule has 0 aliphatic rings. The van der Waals surface area contributed by atoms with Crippen molar-refractivity contribution >= 4 is 11.8 Å². The van der Waals surface area contributed by atoms with Crippen LogP contribution in [0.25, 0.3) is 0 Å². The summed E-state index contributed by atoms with van der Waals surface area (Å²) in [5, 5.41) is 14.7. The van der Waals surface area contributed by atoms with E-state index in [0.717, 1.165) is 0 Å². The van der Waals surface area contributed by atoms with E-state index in [9.17, 15) is 19.1 Å². The SMILES string of the molecule is O=C(NCCNC(=O)c1ccccc1O)c1ccc(F)cc1. The molecular formula is C16H15FN2O3. The van der Waals surface area contributed by atoms with Gasteiger partial charge in [0.05, 0.1) is 5.56 Å². The number of rotatable bonds is 5. The Balaban J connectivity index is 1.77. The van der Waals surface area contributed by atoms with Crippen molar-refractivity contribution < 1.29 is 19.1 Å². The van der Waals surface area contributed by atoms with Crippen LogP contribution < -0.4 is 10.6 Å². The third-order valence-electron chi connectivity index (χ3n) is 2.95. The Hall–Kier alpha value is -2.89. The number of phenols is 1. The predicted octanol–water partition coefficient (Wildman–Crippen LogP) is 1.69. The van der Waals surface area contributed by atoms with Crippen molar-refractivity contribution in [3.8, 4) is 5.75 Å². The lowest BCUT2D eigenvalue weighted by molar-refractivity contribution is 0.0926. The number of halogens is 1. The van der Waals surface area contributed by atoms with Crippen molar-refractivity contribution in [3.63, 3.8) is 0 Å². The number of hydrogen-bond donors (Lipinski definition) is 3. The van der Waals surface area contributed by atoms with Gasteiger partial charge in [-0.25, -0.2) is 4.39 Å². The molecule has 2 amide bonds. The van der Waals surface area contributed by atoms with E-state index >= 15 is 0 Å². The summed E-state index contributed by atoms with van der Waals surface area (Å²) in [4.78, 5) is 23.5. The summed E-state index contributed by atoms with van der Waals surface area (Å²) in [6.07, 6.45) is 0. The first kappa shape index (κ1) is 15.5. The van der Waals surface area contributed by atoms with Crippen LogP contribution >= 0.6 is 0 Å². The number of amides is 2. The molecular weight excluding hydrogens is 287 g/mol. The van der Waals surface area contributed by atoms with E-state index in [0.29, 0.717) is 5.56 Å². The maximum absolute atomic E-state index is 12.7. The molecule has 0 aliphatic carbocycles. The fraction of sp³-hybridized carbons (Fsp3) is 0.125. The molecule has 5 nitrogen and oxygen atoms in total. The van der Waals surface area contributed by atoms with Crippen LogP contribution in [0.3, 0.4) is 0 Å². The van der Waals surface area contributed by atoms with E-state index in [1.54, 1.807) is 12.1 Å². The molecule has 0 aliphatic heterocycles. The molecule has 3 N–H and O–H groups in total. The van der Waals surface area contributed by atoms with Crippen LogP contribution in [0, 0.1) is 5.82 Å². The van der Waals surface area contributed by atoms with E-state index in [1.165, 1.54) is 36.4 Å². The number of carbonyl (C=O) groups is 2. The molecule has 6 heteroatoms. The number of nitrogens with one attached hydrogen (secondary N) is 2. The van der Waals surface area contributed by atoms with Gasteiger partial charge in [0, 0.05) is 18.7 Å². The highest BCUT2D eigenvalue weighted by molar-refractivity contribution is 5.97. The van der Waals surface area contributed by atoms with Gasteiger partial charge in [-0.15, -0.1) is 0 Å².